The maximum absolute atomic E-state index is 11.6. The summed E-state index contributed by atoms with van der Waals surface area (Å²) >= 11 is 1.90. The van der Waals surface area contributed by atoms with Crippen LogP contribution in [0.4, 0.5) is 0 Å². The molecule has 0 N–H and O–H groups in total. The Hall–Kier alpha value is -0.950. The number of nitrogens with zero attached hydrogens (tertiary/aromatic N) is 2. The molecule has 3 fully saturated rings. The Morgan fingerprint density at radius 2 is 2.17 bits per heavy atom. The van der Waals surface area contributed by atoms with Crippen molar-refractivity contribution in [2.24, 2.45) is 0 Å². The number of hydrogen-bond acceptors (Lipinski definition) is 5. The average Bonchev–Trinajstić information content (AvgIpc) is 3.25. The number of carbonyl (C=O) groups is 1. The first-order chi connectivity index (χ1) is 11.6. The molecule has 4 rings (SSSR count). The Bertz CT molecular complexity index is 589. The maximum Gasteiger partial charge on any atom is 0.248 e. The van der Waals surface area contributed by atoms with Crippen molar-refractivity contribution in [3.05, 3.63) is 21.9 Å². The molecular weight excluding hydrogens is 324 g/mol. The minimum atomic E-state index is -0.114. The molecule has 4 heterocycles. The summed E-state index contributed by atoms with van der Waals surface area (Å²) in [4.78, 5) is 18.8. The lowest BCUT2D eigenvalue weighted by Gasteiger charge is -2.46. The summed E-state index contributed by atoms with van der Waals surface area (Å²) in [5.74, 6) is 0.100. The van der Waals surface area contributed by atoms with Gasteiger partial charge in [-0.15, -0.1) is 11.3 Å². The highest BCUT2D eigenvalue weighted by Gasteiger charge is 2.41. The molecule has 1 aromatic heterocycles. The second-order valence-electron chi connectivity index (χ2n) is 7.30. The van der Waals surface area contributed by atoms with Crippen LogP contribution in [0.2, 0.25) is 0 Å². The number of likely N-dealkylation sites (tertiary alicyclic amines) is 1. The van der Waals surface area contributed by atoms with E-state index < -0.39 is 0 Å². The number of rotatable bonds is 3. The van der Waals surface area contributed by atoms with Crippen LogP contribution >= 0.6 is 11.3 Å². The van der Waals surface area contributed by atoms with E-state index in [1.165, 1.54) is 16.2 Å². The van der Waals surface area contributed by atoms with Crippen molar-refractivity contribution in [1.29, 1.82) is 0 Å². The van der Waals surface area contributed by atoms with Gasteiger partial charge < -0.3 is 14.4 Å². The molecule has 5 nitrogen and oxygen atoms in total. The predicted molar refractivity (Wildman–Crippen MR) is 93.1 cm³/mol. The highest BCUT2D eigenvalue weighted by molar-refractivity contribution is 7.12. The second kappa shape index (κ2) is 6.75. The molecule has 0 aromatic carbocycles. The fourth-order valence-corrected chi connectivity index (χ4v) is 5.13. The molecule has 24 heavy (non-hydrogen) atoms. The van der Waals surface area contributed by atoms with Crippen molar-refractivity contribution in [1.82, 2.24) is 9.80 Å². The number of hydrogen-bond donors (Lipinski definition) is 0. The van der Waals surface area contributed by atoms with Crippen molar-refractivity contribution < 1.29 is 14.3 Å². The summed E-state index contributed by atoms with van der Waals surface area (Å²) in [6.45, 7) is 4.98. The standard InChI is InChI=1S/C18H26N2O3S/c1-19-13-18(23-12-17(19)21)6-8-20(9-7-18)11-14-4-5-16(24-14)15-3-2-10-22-15/h4-5,15H,2-3,6-13H2,1H3/t15-/m1/s1. The third-order valence-electron chi connectivity index (χ3n) is 5.53. The van der Waals surface area contributed by atoms with E-state index in [0.717, 1.165) is 52.0 Å². The zero-order valence-corrected chi connectivity index (χ0v) is 15.1. The van der Waals surface area contributed by atoms with Gasteiger partial charge in [-0.3, -0.25) is 9.69 Å². The van der Waals surface area contributed by atoms with Gasteiger partial charge in [0.25, 0.3) is 0 Å². The Morgan fingerprint density at radius 3 is 2.88 bits per heavy atom. The Balaban J connectivity index is 1.31. The molecule has 6 heteroatoms. The Morgan fingerprint density at radius 1 is 1.33 bits per heavy atom. The van der Waals surface area contributed by atoms with Crippen molar-refractivity contribution in [2.45, 2.75) is 43.9 Å². The van der Waals surface area contributed by atoms with Crippen molar-refractivity contribution >= 4 is 17.2 Å². The van der Waals surface area contributed by atoms with Crippen LogP contribution in [0, 0.1) is 0 Å². The molecule has 0 bridgehead atoms. The van der Waals surface area contributed by atoms with E-state index in [2.05, 4.69) is 17.0 Å². The largest absolute Gasteiger partial charge is 0.373 e. The molecule has 3 aliphatic heterocycles. The number of carbonyl (C=O) groups excluding carboxylic acids is 1. The summed E-state index contributed by atoms with van der Waals surface area (Å²) < 4.78 is 11.7. The number of likely N-dealkylation sites (N-methyl/N-ethyl adjacent to an activating group) is 1. The number of amides is 1. The average molecular weight is 350 g/mol. The minimum Gasteiger partial charge on any atom is -0.373 e. The number of piperidine rings is 1. The topological polar surface area (TPSA) is 42.0 Å². The third-order valence-corrected chi connectivity index (χ3v) is 6.69. The first-order valence-electron chi connectivity index (χ1n) is 8.94. The molecule has 1 atom stereocenters. The van der Waals surface area contributed by atoms with E-state index in [0.29, 0.717) is 6.10 Å². The first kappa shape index (κ1) is 16.5. The lowest BCUT2D eigenvalue weighted by Crippen LogP contribution is -2.57. The summed E-state index contributed by atoms with van der Waals surface area (Å²) in [5, 5.41) is 0. The predicted octanol–water partition coefficient (Wildman–Crippen LogP) is 2.42. The molecule has 132 valence electrons. The number of morpholine rings is 1. The van der Waals surface area contributed by atoms with E-state index in [1.54, 1.807) is 0 Å². The van der Waals surface area contributed by atoms with E-state index in [9.17, 15) is 4.79 Å². The van der Waals surface area contributed by atoms with Crippen LogP contribution in [0.5, 0.6) is 0 Å². The van der Waals surface area contributed by atoms with E-state index >= 15 is 0 Å². The summed E-state index contributed by atoms with van der Waals surface area (Å²) in [6.07, 6.45) is 4.69. The van der Waals surface area contributed by atoms with Gasteiger partial charge in [0.15, 0.2) is 0 Å². The molecule has 0 saturated carbocycles. The van der Waals surface area contributed by atoms with E-state index in [1.807, 2.05) is 23.3 Å². The van der Waals surface area contributed by atoms with Crippen molar-refractivity contribution in [2.75, 3.05) is 39.9 Å². The van der Waals surface area contributed by atoms with Gasteiger partial charge in [0.2, 0.25) is 5.91 Å². The van der Waals surface area contributed by atoms with Crippen LogP contribution in [0.3, 0.4) is 0 Å². The van der Waals surface area contributed by atoms with Crippen LogP contribution in [-0.2, 0) is 20.8 Å². The van der Waals surface area contributed by atoms with Crippen molar-refractivity contribution in [3.8, 4) is 0 Å². The van der Waals surface area contributed by atoms with Crippen LogP contribution < -0.4 is 0 Å². The summed E-state index contributed by atoms with van der Waals surface area (Å²) in [7, 11) is 1.89. The SMILES string of the molecule is CN1CC2(CCN(Cc3ccc([C@H]4CCCO4)s3)CC2)OCC1=O. The monoisotopic (exact) mass is 350 g/mol. The Labute approximate surface area is 147 Å². The molecule has 0 aliphatic carbocycles. The molecule has 1 aromatic rings. The Kier molecular flexibility index (Phi) is 4.64. The highest BCUT2D eigenvalue weighted by atomic mass is 32.1. The highest BCUT2D eigenvalue weighted by Crippen LogP contribution is 2.35. The summed E-state index contributed by atoms with van der Waals surface area (Å²) in [5.41, 5.74) is -0.114. The fourth-order valence-electron chi connectivity index (χ4n) is 3.99. The van der Waals surface area contributed by atoms with Gasteiger partial charge in [-0.25, -0.2) is 0 Å². The summed E-state index contributed by atoms with van der Waals surface area (Å²) in [6, 6.07) is 4.50. The quantitative estimate of drug-likeness (QED) is 0.840. The molecule has 1 amide bonds. The van der Waals surface area contributed by atoms with Crippen LogP contribution in [0.25, 0.3) is 0 Å². The smallest absolute Gasteiger partial charge is 0.248 e. The maximum atomic E-state index is 11.6. The number of ether oxygens (including phenoxy) is 2. The van der Waals surface area contributed by atoms with Gasteiger partial charge in [0.05, 0.1) is 11.7 Å². The molecule has 1 spiro atoms. The second-order valence-corrected chi connectivity index (χ2v) is 8.50. The van der Waals surface area contributed by atoms with E-state index in [-0.39, 0.29) is 18.1 Å². The molecule has 3 saturated heterocycles. The van der Waals surface area contributed by atoms with Gasteiger partial charge >= 0.3 is 0 Å². The zero-order valence-electron chi connectivity index (χ0n) is 14.3. The van der Waals surface area contributed by atoms with Gasteiger partial charge in [0.1, 0.15) is 6.61 Å². The molecular formula is C18H26N2O3S. The minimum absolute atomic E-state index is 0.100. The van der Waals surface area contributed by atoms with Crippen LogP contribution in [0.1, 0.15) is 41.5 Å². The lowest BCUT2D eigenvalue weighted by molar-refractivity contribution is -0.169. The van der Waals surface area contributed by atoms with Gasteiger partial charge in [0, 0.05) is 49.6 Å². The molecule has 0 radical (unpaired) electrons. The number of thiophene rings is 1. The van der Waals surface area contributed by atoms with Gasteiger partial charge in [-0.1, -0.05) is 0 Å². The van der Waals surface area contributed by atoms with Crippen LogP contribution in [-0.4, -0.2) is 61.2 Å². The molecule has 0 unspecified atom stereocenters. The van der Waals surface area contributed by atoms with Gasteiger partial charge in [-0.2, -0.15) is 0 Å². The zero-order chi connectivity index (χ0) is 16.6. The van der Waals surface area contributed by atoms with E-state index in [4.69, 9.17) is 9.47 Å². The first-order valence-corrected chi connectivity index (χ1v) is 9.76. The lowest BCUT2D eigenvalue weighted by atomic mass is 9.89. The molecule has 3 aliphatic rings. The fraction of sp³-hybridized carbons (Fsp3) is 0.722. The van der Waals surface area contributed by atoms with Gasteiger partial charge in [-0.05, 0) is 37.8 Å². The van der Waals surface area contributed by atoms with Crippen molar-refractivity contribution in [3.63, 3.8) is 0 Å². The van der Waals surface area contributed by atoms with Crippen LogP contribution in [0.15, 0.2) is 12.1 Å². The normalized spacial score (nSPS) is 28.0. The third kappa shape index (κ3) is 3.38.